The first-order valence-corrected chi connectivity index (χ1v) is 9.36. The van der Waals surface area contributed by atoms with Gasteiger partial charge in [0.15, 0.2) is 9.84 Å². The molecule has 1 aromatic heterocycles. The number of nitrogens with one attached hydrogen (secondary N) is 1. The highest BCUT2D eigenvalue weighted by molar-refractivity contribution is 7.91. The summed E-state index contributed by atoms with van der Waals surface area (Å²) in [7, 11) is -2.98. The van der Waals surface area contributed by atoms with Gasteiger partial charge in [-0.25, -0.2) is 8.42 Å². The zero-order chi connectivity index (χ0) is 15.7. The molecule has 1 aliphatic rings. The molecule has 1 fully saturated rings. The molecule has 118 valence electrons. The van der Waals surface area contributed by atoms with Crippen molar-refractivity contribution in [1.82, 2.24) is 9.88 Å². The van der Waals surface area contributed by atoms with Crippen molar-refractivity contribution < 1.29 is 13.2 Å². The minimum Gasteiger partial charge on any atom is -0.361 e. The number of H-pyrrole nitrogens is 1. The van der Waals surface area contributed by atoms with E-state index in [4.69, 9.17) is 0 Å². The van der Waals surface area contributed by atoms with Crippen LogP contribution >= 0.6 is 0 Å². The maximum atomic E-state index is 12.5. The molecule has 22 heavy (non-hydrogen) atoms. The van der Waals surface area contributed by atoms with Crippen molar-refractivity contribution >= 4 is 26.6 Å². The predicted molar refractivity (Wildman–Crippen MR) is 86.4 cm³/mol. The highest BCUT2D eigenvalue weighted by Gasteiger charge is 2.33. The van der Waals surface area contributed by atoms with Crippen LogP contribution in [0.15, 0.2) is 30.5 Å². The maximum absolute atomic E-state index is 12.5. The fraction of sp³-hybridized carbons (Fsp3) is 0.438. The van der Waals surface area contributed by atoms with Crippen LogP contribution in [0.4, 0.5) is 0 Å². The number of fused-ring (bicyclic) bond motifs is 1. The third-order valence-corrected chi connectivity index (χ3v) is 6.04. The number of hydrogen-bond acceptors (Lipinski definition) is 3. The molecule has 1 saturated heterocycles. The number of amides is 1. The summed E-state index contributed by atoms with van der Waals surface area (Å²) in [5, 5.41) is 1.12. The van der Waals surface area contributed by atoms with Gasteiger partial charge in [0.25, 0.3) is 0 Å². The van der Waals surface area contributed by atoms with Crippen LogP contribution < -0.4 is 0 Å². The molecule has 1 amide bonds. The van der Waals surface area contributed by atoms with E-state index in [1.54, 1.807) is 4.90 Å². The van der Waals surface area contributed by atoms with Gasteiger partial charge in [0.2, 0.25) is 5.91 Å². The number of benzene rings is 1. The molecule has 6 heteroatoms. The first-order valence-electron chi connectivity index (χ1n) is 7.54. The van der Waals surface area contributed by atoms with Crippen molar-refractivity contribution in [2.45, 2.75) is 25.8 Å². The topological polar surface area (TPSA) is 70.2 Å². The fourth-order valence-electron chi connectivity index (χ4n) is 3.14. The molecule has 1 atom stereocenters. The molecule has 5 nitrogen and oxygen atoms in total. The van der Waals surface area contributed by atoms with Gasteiger partial charge in [-0.2, -0.15) is 0 Å². The largest absolute Gasteiger partial charge is 0.361 e. The zero-order valence-corrected chi connectivity index (χ0v) is 13.4. The average Bonchev–Trinajstić information content (AvgIpc) is 3.05. The van der Waals surface area contributed by atoms with Crippen LogP contribution in [-0.2, 0) is 21.1 Å². The van der Waals surface area contributed by atoms with Crippen molar-refractivity contribution in [1.29, 1.82) is 0 Å². The predicted octanol–water partition coefficient (Wildman–Crippen LogP) is 1.75. The van der Waals surface area contributed by atoms with Gasteiger partial charge >= 0.3 is 0 Å². The minimum absolute atomic E-state index is 0.00416. The zero-order valence-electron chi connectivity index (χ0n) is 12.6. The Morgan fingerprint density at radius 2 is 2.18 bits per heavy atom. The second-order valence-electron chi connectivity index (χ2n) is 5.81. The lowest BCUT2D eigenvalue weighted by molar-refractivity contribution is -0.132. The van der Waals surface area contributed by atoms with Crippen LogP contribution in [0, 0.1) is 0 Å². The summed E-state index contributed by atoms with van der Waals surface area (Å²) in [6.07, 6.45) is 2.73. The van der Waals surface area contributed by atoms with Gasteiger partial charge in [-0.05, 0) is 36.4 Å². The number of likely N-dealkylation sites (N-methyl/N-ethyl adjacent to an activating group) is 1. The second kappa shape index (κ2) is 5.76. The Bertz CT molecular complexity index is 795. The third kappa shape index (κ3) is 3.02. The number of carbonyl (C=O) groups excluding carboxylic acids is 1. The molecule has 1 aliphatic heterocycles. The Balaban J connectivity index is 1.74. The molecule has 0 spiro atoms. The van der Waals surface area contributed by atoms with Crippen LogP contribution in [0.1, 0.15) is 18.9 Å². The monoisotopic (exact) mass is 320 g/mol. The Hall–Kier alpha value is -1.82. The molecule has 0 radical (unpaired) electrons. The Labute approximate surface area is 130 Å². The SMILES string of the molecule is CCN(C(=O)Cc1ccc2cc[nH]c2c1)C1CCS(=O)(=O)C1. The van der Waals surface area contributed by atoms with E-state index in [1.807, 2.05) is 37.4 Å². The highest BCUT2D eigenvalue weighted by Crippen LogP contribution is 2.20. The van der Waals surface area contributed by atoms with Gasteiger partial charge in [-0.1, -0.05) is 12.1 Å². The molecule has 3 rings (SSSR count). The number of aromatic nitrogens is 1. The lowest BCUT2D eigenvalue weighted by Gasteiger charge is -2.27. The Morgan fingerprint density at radius 3 is 2.86 bits per heavy atom. The van der Waals surface area contributed by atoms with E-state index in [1.165, 1.54) is 0 Å². The Kier molecular flexibility index (Phi) is 3.95. The molecular formula is C16H20N2O3S. The van der Waals surface area contributed by atoms with Gasteiger partial charge in [0, 0.05) is 24.3 Å². The number of hydrogen-bond donors (Lipinski definition) is 1. The van der Waals surface area contributed by atoms with Crippen molar-refractivity contribution in [2.75, 3.05) is 18.1 Å². The van der Waals surface area contributed by atoms with Crippen molar-refractivity contribution in [3.8, 4) is 0 Å². The molecule has 1 unspecified atom stereocenters. The first kappa shape index (κ1) is 15.1. The lowest BCUT2D eigenvalue weighted by atomic mass is 10.1. The number of sulfone groups is 1. The maximum Gasteiger partial charge on any atom is 0.227 e. The summed E-state index contributed by atoms with van der Waals surface area (Å²) >= 11 is 0. The van der Waals surface area contributed by atoms with Crippen molar-refractivity contribution in [3.05, 3.63) is 36.0 Å². The first-order chi connectivity index (χ1) is 10.5. The second-order valence-corrected chi connectivity index (χ2v) is 8.04. The molecule has 0 aliphatic carbocycles. The summed E-state index contributed by atoms with van der Waals surface area (Å²) < 4.78 is 23.2. The third-order valence-electron chi connectivity index (χ3n) is 4.28. The van der Waals surface area contributed by atoms with Crippen LogP contribution in [0.3, 0.4) is 0 Å². The number of carbonyl (C=O) groups is 1. The average molecular weight is 320 g/mol. The van der Waals surface area contributed by atoms with Crippen LogP contribution in [0.25, 0.3) is 10.9 Å². The summed E-state index contributed by atoms with van der Waals surface area (Å²) in [5.41, 5.74) is 1.95. The van der Waals surface area contributed by atoms with E-state index in [9.17, 15) is 13.2 Å². The summed E-state index contributed by atoms with van der Waals surface area (Å²) in [6.45, 7) is 2.45. The normalized spacial score (nSPS) is 20.3. The lowest BCUT2D eigenvalue weighted by Crippen LogP contribution is -2.41. The Morgan fingerprint density at radius 1 is 1.36 bits per heavy atom. The molecule has 1 N–H and O–H groups in total. The van der Waals surface area contributed by atoms with E-state index < -0.39 is 9.84 Å². The van der Waals surface area contributed by atoms with Crippen molar-refractivity contribution in [2.24, 2.45) is 0 Å². The van der Waals surface area contributed by atoms with Crippen LogP contribution in [0.2, 0.25) is 0 Å². The summed E-state index contributed by atoms with van der Waals surface area (Å²) in [5.74, 6) is 0.286. The smallest absolute Gasteiger partial charge is 0.227 e. The molecule has 0 saturated carbocycles. The summed E-state index contributed by atoms with van der Waals surface area (Å²) in [6, 6.07) is 7.74. The minimum atomic E-state index is -2.98. The number of rotatable bonds is 4. The van der Waals surface area contributed by atoms with Gasteiger partial charge in [0.1, 0.15) is 0 Å². The van der Waals surface area contributed by atoms with E-state index >= 15 is 0 Å². The number of aromatic amines is 1. The van der Waals surface area contributed by atoms with E-state index in [0.717, 1.165) is 16.5 Å². The quantitative estimate of drug-likeness (QED) is 0.933. The molecule has 0 bridgehead atoms. The number of nitrogens with zero attached hydrogens (tertiary/aromatic N) is 1. The molecular weight excluding hydrogens is 300 g/mol. The molecule has 2 aromatic rings. The van der Waals surface area contributed by atoms with Crippen molar-refractivity contribution in [3.63, 3.8) is 0 Å². The standard InChI is InChI=1S/C16H20N2O3S/c1-2-18(14-6-8-22(20,21)11-14)16(19)10-12-3-4-13-5-7-17-15(13)9-12/h3-5,7,9,14,17H,2,6,8,10-11H2,1H3. The molecule has 1 aromatic carbocycles. The molecule has 2 heterocycles. The van der Waals surface area contributed by atoms with E-state index in [-0.39, 0.29) is 23.5 Å². The van der Waals surface area contributed by atoms with Gasteiger partial charge in [-0.3, -0.25) is 4.79 Å². The highest BCUT2D eigenvalue weighted by atomic mass is 32.2. The van der Waals surface area contributed by atoms with Gasteiger partial charge < -0.3 is 9.88 Å². The van der Waals surface area contributed by atoms with E-state index in [0.29, 0.717) is 19.4 Å². The van der Waals surface area contributed by atoms with Crippen LogP contribution in [0.5, 0.6) is 0 Å². The fourth-order valence-corrected chi connectivity index (χ4v) is 4.87. The summed E-state index contributed by atoms with van der Waals surface area (Å²) in [4.78, 5) is 17.4. The van der Waals surface area contributed by atoms with Gasteiger partial charge in [-0.15, -0.1) is 0 Å². The van der Waals surface area contributed by atoms with Gasteiger partial charge in [0.05, 0.1) is 17.9 Å². The van der Waals surface area contributed by atoms with E-state index in [2.05, 4.69) is 4.98 Å². The van der Waals surface area contributed by atoms with Crippen LogP contribution in [-0.4, -0.2) is 48.3 Å².